The second-order valence-corrected chi connectivity index (χ2v) is 7.29. The molecule has 0 aliphatic carbocycles. The number of nitrogens with two attached hydrogens (primary N) is 1. The number of rotatable bonds is 6. The molecule has 8 heteroatoms. The minimum absolute atomic E-state index is 0.472. The Kier molecular flexibility index (Phi) is 9.31. The fourth-order valence-electron chi connectivity index (χ4n) is 3.15. The summed E-state index contributed by atoms with van der Waals surface area (Å²) in [6, 6.07) is 14.4. The van der Waals surface area contributed by atoms with E-state index in [0.717, 1.165) is 42.2 Å². The van der Waals surface area contributed by atoms with Gasteiger partial charge in [-0.3, -0.25) is 9.69 Å². The van der Waals surface area contributed by atoms with Crippen molar-refractivity contribution in [3.05, 3.63) is 77.1 Å². The Labute approximate surface area is 186 Å². The number of benzene rings is 1. The largest absolute Gasteiger partial charge is 0.473 e. The summed E-state index contributed by atoms with van der Waals surface area (Å²) in [5.41, 5.74) is 10.3. The van der Waals surface area contributed by atoms with Gasteiger partial charge >= 0.3 is 11.9 Å². The minimum atomic E-state index is -1.82. The quantitative estimate of drug-likeness (QED) is 0.467. The summed E-state index contributed by atoms with van der Waals surface area (Å²) in [4.78, 5) is 36.4. The molecule has 4 N–H and O–H groups in total. The molecule has 0 unspecified atom stereocenters. The molecule has 0 saturated carbocycles. The lowest BCUT2D eigenvalue weighted by atomic mass is 10.00. The van der Waals surface area contributed by atoms with Gasteiger partial charge in [0.1, 0.15) is 0 Å². The molecule has 1 aliphatic rings. The third kappa shape index (κ3) is 8.16. The normalized spacial score (nSPS) is 14.1. The first-order valence-corrected chi connectivity index (χ1v) is 10.2. The van der Waals surface area contributed by atoms with Crippen LogP contribution in [0.3, 0.4) is 0 Å². The highest BCUT2D eigenvalue weighted by Gasteiger charge is 2.12. The Morgan fingerprint density at radius 3 is 2.22 bits per heavy atom. The highest BCUT2D eigenvalue weighted by Crippen LogP contribution is 2.23. The third-order valence-corrected chi connectivity index (χ3v) is 4.76. The van der Waals surface area contributed by atoms with Crippen LogP contribution in [0.15, 0.2) is 54.6 Å². The number of carbonyl (C=O) groups is 3. The van der Waals surface area contributed by atoms with Gasteiger partial charge in [0.25, 0.3) is 0 Å². The number of hydrogen-bond donors (Lipinski definition) is 3. The maximum atomic E-state index is 11.0. The second-order valence-electron chi connectivity index (χ2n) is 7.29. The molecule has 3 rings (SSSR count). The molecule has 168 valence electrons. The molecule has 0 bridgehead atoms. The van der Waals surface area contributed by atoms with Crippen LogP contribution in [0.2, 0.25) is 0 Å². The minimum Gasteiger partial charge on any atom is -0.473 e. The lowest BCUT2D eigenvalue weighted by molar-refractivity contribution is -0.159. The van der Waals surface area contributed by atoms with Gasteiger partial charge in [0.15, 0.2) is 0 Å². The number of aromatic nitrogens is 1. The molecular formula is C24H27N3O5. The summed E-state index contributed by atoms with van der Waals surface area (Å²) >= 11 is 0. The molecule has 2 aromatic rings. The van der Waals surface area contributed by atoms with Gasteiger partial charge < -0.3 is 15.9 Å². The fraction of sp³-hybridized carbons (Fsp3) is 0.250. The van der Waals surface area contributed by atoms with Crippen molar-refractivity contribution in [3.8, 4) is 0 Å². The van der Waals surface area contributed by atoms with Crippen LogP contribution in [0.25, 0.3) is 11.6 Å². The Hall–Kier alpha value is -3.78. The van der Waals surface area contributed by atoms with Gasteiger partial charge in [0.05, 0.1) is 11.4 Å². The maximum Gasteiger partial charge on any atom is 0.414 e. The first-order valence-electron chi connectivity index (χ1n) is 10.2. The molecule has 8 nitrogen and oxygen atoms in total. The number of likely N-dealkylation sites (tertiary alicyclic amines) is 1. The molecule has 1 amide bonds. The van der Waals surface area contributed by atoms with E-state index in [9.17, 15) is 4.79 Å². The Balaban J connectivity index is 0.000000534. The van der Waals surface area contributed by atoms with E-state index in [-0.39, 0.29) is 0 Å². The van der Waals surface area contributed by atoms with Crippen LogP contribution in [0.1, 0.15) is 35.4 Å². The third-order valence-electron chi connectivity index (χ3n) is 4.76. The van der Waals surface area contributed by atoms with Gasteiger partial charge in [0, 0.05) is 18.2 Å². The number of carboxylic acid groups (broad SMARTS) is 2. The summed E-state index contributed by atoms with van der Waals surface area (Å²) in [6.45, 7) is 5.33. The lowest BCUT2D eigenvalue weighted by Gasteiger charge is -2.14. The first-order chi connectivity index (χ1) is 15.3. The van der Waals surface area contributed by atoms with E-state index < -0.39 is 17.8 Å². The summed E-state index contributed by atoms with van der Waals surface area (Å²) in [7, 11) is 0. The van der Waals surface area contributed by atoms with Crippen LogP contribution in [0, 0.1) is 6.92 Å². The van der Waals surface area contributed by atoms with Crippen molar-refractivity contribution in [2.75, 3.05) is 19.6 Å². The number of amides is 1. The van der Waals surface area contributed by atoms with Crippen LogP contribution < -0.4 is 5.73 Å². The average Bonchev–Trinajstić information content (AvgIpc) is 3.28. The molecule has 1 saturated heterocycles. The van der Waals surface area contributed by atoms with E-state index in [1.807, 2.05) is 18.2 Å². The molecule has 32 heavy (non-hydrogen) atoms. The van der Waals surface area contributed by atoms with Gasteiger partial charge in [-0.2, -0.15) is 0 Å². The van der Waals surface area contributed by atoms with Crippen molar-refractivity contribution in [1.82, 2.24) is 9.88 Å². The summed E-state index contributed by atoms with van der Waals surface area (Å²) in [5, 5.41) is 14.8. The highest BCUT2D eigenvalue weighted by molar-refractivity contribution is 6.27. The van der Waals surface area contributed by atoms with Crippen molar-refractivity contribution in [1.29, 1.82) is 0 Å². The highest BCUT2D eigenvalue weighted by atomic mass is 16.4. The van der Waals surface area contributed by atoms with Crippen LogP contribution in [-0.4, -0.2) is 57.6 Å². The van der Waals surface area contributed by atoms with Crippen molar-refractivity contribution >= 4 is 29.5 Å². The van der Waals surface area contributed by atoms with E-state index in [1.165, 1.54) is 24.5 Å². The summed E-state index contributed by atoms with van der Waals surface area (Å²) in [6.07, 6.45) is 7.81. The fourth-order valence-corrected chi connectivity index (χ4v) is 3.15. The van der Waals surface area contributed by atoms with Gasteiger partial charge in [-0.1, -0.05) is 42.0 Å². The Bertz CT molecular complexity index is 995. The van der Waals surface area contributed by atoms with Crippen LogP contribution >= 0.6 is 0 Å². The lowest BCUT2D eigenvalue weighted by Crippen LogP contribution is -2.19. The van der Waals surface area contributed by atoms with Crippen LogP contribution in [0.4, 0.5) is 0 Å². The van der Waals surface area contributed by atoms with Crippen molar-refractivity contribution < 1.29 is 24.6 Å². The van der Waals surface area contributed by atoms with Gasteiger partial charge in [-0.25, -0.2) is 14.6 Å². The average molecular weight is 437 g/mol. The topological polar surface area (TPSA) is 134 Å². The number of aryl methyl sites for hydroxylation is 1. The number of pyridine rings is 1. The second kappa shape index (κ2) is 12.2. The Morgan fingerprint density at radius 2 is 1.66 bits per heavy atom. The maximum absolute atomic E-state index is 11.0. The number of carboxylic acids is 2. The predicted molar refractivity (Wildman–Crippen MR) is 122 cm³/mol. The van der Waals surface area contributed by atoms with Crippen molar-refractivity contribution in [2.45, 2.75) is 19.8 Å². The van der Waals surface area contributed by atoms with E-state index in [4.69, 9.17) is 30.5 Å². The van der Waals surface area contributed by atoms with Crippen LogP contribution in [-0.2, 0) is 14.4 Å². The molecule has 1 aliphatic heterocycles. The zero-order valence-electron chi connectivity index (χ0n) is 17.9. The molecule has 1 aromatic heterocycles. The zero-order chi connectivity index (χ0) is 23.5. The number of aliphatic carboxylic acids is 2. The molecular weight excluding hydrogens is 410 g/mol. The predicted octanol–water partition coefficient (Wildman–Crippen LogP) is 2.57. The van der Waals surface area contributed by atoms with Gasteiger partial charge in [-0.05, 0) is 56.6 Å². The Morgan fingerprint density at radius 1 is 1.03 bits per heavy atom. The smallest absolute Gasteiger partial charge is 0.414 e. The molecule has 2 heterocycles. The molecule has 1 aromatic carbocycles. The number of nitrogens with zero attached hydrogens (tertiary/aromatic N) is 2. The number of hydrogen-bond acceptors (Lipinski definition) is 5. The molecule has 0 radical (unpaired) electrons. The summed E-state index contributed by atoms with van der Waals surface area (Å²) < 4.78 is 0. The van der Waals surface area contributed by atoms with E-state index in [2.05, 4.69) is 42.2 Å². The molecule has 0 atom stereocenters. The van der Waals surface area contributed by atoms with E-state index in [1.54, 1.807) is 6.08 Å². The number of carbonyl (C=O) groups excluding carboxylic acids is 1. The van der Waals surface area contributed by atoms with Crippen LogP contribution in [0.5, 0.6) is 0 Å². The summed E-state index contributed by atoms with van der Waals surface area (Å²) in [5.74, 6) is -4.12. The van der Waals surface area contributed by atoms with Crippen molar-refractivity contribution in [2.24, 2.45) is 5.73 Å². The van der Waals surface area contributed by atoms with Gasteiger partial charge in [-0.15, -0.1) is 0 Å². The van der Waals surface area contributed by atoms with E-state index >= 15 is 0 Å². The standard InChI is InChI=1S/C22H25N3O.C2H2O4/c1-17-7-9-18(10-8-17)20(13-16-25-14-2-3-15-25)21-6-4-5-19(24-21)11-12-22(23)26;3-1(4)2(5)6/h4-13H,2-3,14-16H2,1H3,(H2,23,26);(H,3,4)(H,5,6)/b12-11+,20-13+;. The SMILES string of the molecule is Cc1ccc(/C(=C\CN2CCCC2)c2cccc(/C=C/C(N)=O)n2)cc1.O=C(O)C(=O)O. The van der Waals surface area contributed by atoms with Crippen molar-refractivity contribution in [3.63, 3.8) is 0 Å². The van der Waals surface area contributed by atoms with E-state index in [0.29, 0.717) is 0 Å². The molecule has 0 spiro atoms. The zero-order valence-corrected chi connectivity index (χ0v) is 17.9. The number of primary amides is 1. The monoisotopic (exact) mass is 437 g/mol. The first kappa shape index (κ1) is 24.5. The molecule has 1 fully saturated rings. The van der Waals surface area contributed by atoms with Gasteiger partial charge in [0.2, 0.25) is 5.91 Å².